The lowest BCUT2D eigenvalue weighted by Gasteiger charge is -2.76. The third kappa shape index (κ3) is 5.42. The van der Waals surface area contributed by atoms with E-state index in [1.165, 1.54) is 70.6 Å². The van der Waals surface area contributed by atoms with E-state index >= 15 is 0 Å². The van der Waals surface area contributed by atoms with Crippen LogP contribution in [-0.2, 0) is 4.74 Å². The number of hydrogen-bond donors (Lipinski definition) is 3. The summed E-state index contributed by atoms with van der Waals surface area (Å²) in [5.41, 5.74) is -0.822. The van der Waals surface area contributed by atoms with Gasteiger partial charge in [-0.1, -0.05) is 113 Å². The molecule has 3 N–H and O–H groups in total. The zero-order valence-corrected chi connectivity index (χ0v) is 31.4. The molecule has 4 heteroatoms. The summed E-state index contributed by atoms with van der Waals surface area (Å²) in [6, 6.07) is 0. The number of aliphatic hydroxyl groups excluding tert-OH is 3. The predicted molar refractivity (Wildman–Crippen MR) is 188 cm³/mol. The molecule has 0 aromatic rings. The zero-order chi connectivity index (χ0) is 33.3. The van der Waals surface area contributed by atoms with Crippen LogP contribution in [0.2, 0.25) is 0 Å². The van der Waals surface area contributed by atoms with Crippen LogP contribution in [0.5, 0.6) is 0 Å². The minimum atomic E-state index is -0.742. The standard InChI is InChI=1S/C42H74O4/c1-24-18-20-30(21-19-24)22-33-32-17-13-14-25(2)34(32)27(4)36-28(5)42(9)37(44)35(29(6)43)26(3)23-40(42,7)39(41(33,36)8)46-38(45)31-15-11-10-12-16-31/h24-39,43-45H,10-23H2,1-9H3. The molecule has 16 unspecified atom stereocenters. The van der Waals surface area contributed by atoms with Crippen LogP contribution < -0.4 is 0 Å². The molecule has 266 valence electrons. The highest BCUT2D eigenvalue weighted by atomic mass is 16.6. The maximum atomic E-state index is 12.6. The van der Waals surface area contributed by atoms with Gasteiger partial charge in [-0.05, 0) is 98.2 Å². The van der Waals surface area contributed by atoms with Gasteiger partial charge in [-0.2, -0.15) is 0 Å². The van der Waals surface area contributed by atoms with E-state index in [0.717, 1.165) is 37.0 Å². The van der Waals surface area contributed by atoms with E-state index in [9.17, 15) is 15.3 Å². The van der Waals surface area contributed by atoms with Crippen LogP contribution in [0.4, 0.5) is 0 Å². The van der Waals surface area contributed by atoms with Crippen molar-refractivity contribution in [2.45, 2.75) is 177 Å². The highest BCUT2D eigenvalue weighted by Gasteiger charge is 2.75. The van der Waals surface area contributed by atoms with Crippen LogP contribution in [-0.4, -0.2) is 39.9 Å². The SMILES string of the molecule is CC1CCC(CC2C3CCCC(C)C3C(C)C3C(C)C4(C)C(O)C(C(C)O)C(C)CC4(C)C(OC(O)C4CCCCC4)C23C)CC1. The predicted octanol–water partition coefficient (Wildman–Crippen LogP) is 9.49. The van der Waals surface area contributed by atoms with E-state index in [1.54, 1.807) is 0 Å². The summed E-state index contributed by atoms with van der Waals surface area (Å²) in [7, 11) is 0. The Morgan fingerprint density at radius 3 is 2.07 bits per heavy atom. The van der Waals surface area contributed by atoms with Crippen molar-refractivity contribution in [2.24, 2.45) is 87.3 Å². The Kier molecular flexibility index (Phi) is 10.2. The number of hydrogen-bond acceptors (Lipinski definition) is 4. The van der Waals surface area contributed by atoms with Crippen molar-refractivity contribution in [1.82, 2.24) is 0 Å². The van der Waals surface area contributed by atoms with E-state index in [1.807, 2.05) is 6.92 Å². The second kappa shape index (κ2) is 13.2. The van der Waals surface area contributed by atoms with Crippen molar-refractivity contribution < 1.29 is 20.1 Å². The van der Waals surface area contributed by atoms with Gasteiger partial charge >= 0.3 is 0 Å². The van der Waals surface area contributed by atoms with Crippen LogP contribution in [0.25, 0.3) is 0 Å². The number of ether oxygens (including phenoxy) is 1. The molecule has 0 aliphatic heterocycles. The van der Waals surface area contributed by atoms with Gasteiger partial charge in [0.25, 0.3) is 0 Å². The molecule has 0 radical (unpaired) electrons. The molecule has 6 fully saturated rings. The third-order valence-electron chi connectivity index (χ3n) is 17.4. The van der Waals surface area contributed by atoms with Crippen LogP contribution >= 0.6 is 0 Å². The van der Waals surface area contributed by atoms with Gasteiger partial charge in [-0.25, -0.2) is 0 Å². The van der Waals surface area contributed by atoms with Crippen LogP contribution in [0.15, 0.2) is 0 Å². The van der Waals surface area contributed by atoms with Crippen molar-refractivity contribution in [3.8, 4) is 0 Å². The molecule has 6 saturated carbocycles. The molecule has 0 bridgehead atoms. The van der Waals surface area contributed by atoms with Gasteiger partial charge in [0, 0.05) is 28.1 Å². The number of aliphatic hydroxyl groups is 3. The maximum absolute atomic E-state index is 12.6. The second-order valence-corrected chi connectivity index (χ2v) is 19.6. The molecule has 0 aromatic carbocycles. The second-order valence-electron chi connectivity index (χ2n) is 19.6. The van der Waals surface area contributed by atoms with E-state index in [-0.39, 0.29) is 40.6 Å². The topological polar surface area (TPSA) is 69.9 Å². The first kappa shape index (κ1) is 35.7. The molecule has 6 aliphatic carbocycles. The summed E-state index contributed by atoms with van der Waals surface area (Å²) in [5.74, 6) is 5.87. The van der Waals surface area contributed by atoms with Gasteiger partial charge in [0.05, 0.1) is 18.3 Å². The highest BCUT2D eigenvalue weighted by Crippen LogP contribution is 2.76. The molecule has 0 spiro atoms. The van der Waals surface area contributed by atoms with Gasteiger partial charge in [-0.3, -0.25) is 0 Å². The summed E-state index contributed by atoms with van der Waals surface area (Å²) in [6.45, 7) is 21.7. The van der Waals surface area contributed by atoms with Crippen molar-refractivity contribution in [1.29, 1.82) is 0 Å². The fraction of sp³-hybridized carbons (Fsp3) is 1.00. The molecule has 46 heavy (non-hydrogen) atoms. The van der Waals surface area contributed by atoms with Crippen LogP contribution in [0, 0.1) is 87.3 Å². The van der Waals surface area contributed by atoms with Gasteiger partial charge in [0.2, 0.25) is 0 Å². The van der Waals surface area contributed by atoms with E-state index in [0.29, 0.717) is 29.6 Å². The zero-order valence-electron chi connectivity index (χ0n) is 31.4. The number of fused-ring (bicyclic) bond motifs is 3. The van der Waals surface area contributed by atoms with Crippen LogP contribution in [0.3, 0.4) is 0 Å². The Labute approximate surface area is 283 Å². The smallest absolute Gasteiger partial charge is 0.157 e. The van der Waals surface area contributed by atoms with Crippen molar-refractivity contribution in [3.05, 3.63) is 0 Å². The fourth-order valence-electron chi connectivity index (χ4n) is 15.1. The van der Waals surface area contributed by atoms with Crippen LogP contribution in [0.1, 0.15) is 152 Å². The van der Waals surface area contributed by atoms with Crippen molar-refractivity contribution in [2.75, 3.05) is 0 Å². The molecule has 6 aliphatic rings. The van der Waals surface area contributed by atoms with E-state index in [4.69, 9.17) is 4.74 Å². The molecule has 0 aromatic heterocycles. The summed E-state index contributed by atoms with van der Waals surface area (Å²) in [5, 5.41) is 35.8. The van der Waals surface area contributed by atoms with Crippen molar-refractivity contribution in [3.63, 3.8) is 0 Å². The lowest BCUT2D eigenvalue weighted by Crippen LogP contribution is -2.77. The molecule has 6 rings (SSSR count). The van der Waals surface area contributed by atoms with E-state index in [2.05, 4.69) is 55.4 Å². The van der Waals surface area contributed by atoms with Crippen molar-refractivity contribution >= 4 is 0 Å². The third-order valence-corrected chi connectivity index (χ3v) is 17.4. The Hall–Kier alpha value is -0.160. The minimum absolute atomic E-state index is 0.0822. The molecular weight excluding hydrogens is 568 g/mol. The average Bonchev–Trinajstić information content (AvgIpc) is 3.01. The largest absolute Gasteiger partial charge is 0.393 e. The Morgan fingerprint density at radius 1 is 0.783 bits per heavy atom. The minimum Gasteiger partial charge on any atom is -0.393 e. The first-order chi connectivity index (χ1) is 21.7. The Morgan fingerprint density at radius 2 is 1.43 bits per heavy atom. The van der Waals surface area contributed by atoms with Gasteiger partial charge < -0.3 is 20.1 Å². The quantitative estimate of drug-likeness (QED) is 0.253. The van der Waals surface area contributed by atoms with Gasteiger partial charge in [0.15, 0.2) is 6.29 Å². The molecule has 4 nitrogen and oxygen atoms in total. The normalized spacial score (nSPS) is 54.7. The molecule has 0 saturated heterocycles. The summed E-state index contributed by atoms with van der Waals surface area (Å²) in [6.07, 6.45) is 15.5. The molecule has 0 amide bonds. The summed E-state index contributed by atoms with van der Waals surface area (Å²) in [4.78, 5) is 0. The van der Waals surface area contributed by atoms with Gasteiger partial charge in [-0.15, -0.1) is 0 Å². The average molecular weight is 643 g/mol. The highest BCUT2D eigenvalue weighted by molar-refractivity contribution is 5.23. The summed E-state index contributed by atoms with van der Waals surface area (Å²) < 4.78 is 7.46. The fourth-order valence-corrected chi connectivity index (χ4v) is 15.1. The van der Waals surface area contributed by atoms with Gasteiger partial charge in [0.1, 0.15) is 0 Å². The number of rotatable bonds is 6. The Balaban J connectivity index is 1.51. The molecular formula is C42H74O4. The first-order valence-corrected chi connectivity index (χ1v) is 20.4. The van der Waals surface area contributed by atoms with E-state index < -0.39 is 23.9 Å². The molecule has 0 heterocycles. The Bertz CT molecular complexity index is 1030. The lowest BCUT2D eigenvalue weighted by molar-refractivity contribution is -0.359. The maximum Gasteiger partial charge on any atom is 0.157 e. The molecule has 16 atom stereocenters. The monoisotopic (exact) mass is 643 g/mol. The first-order valence-electron chi connectivity index (χ1n) is 20.4. The lowest BCUT2D eigenvalue weighted by atomic mass is 9.30. The summed E-state index contributed by atoms with van der Waals surface area (Å²) >= 11 is 0.